The SMILES string of the molecule is CC/C=C\C/C=C\C/C=C\C/C=C\C/C=C\C/C=C\C/C=C\C/C=C\C/C=C\CCCCCCCCCC(=O)OCC(COC(=O)CCCCCCCCCC)OC(=O)CCCC/C=C\C/C=C\C/C=C\C/C=C\C/C=C\C/C=C\CC. The number of carbonyl (C=O) groups is 3. The fraction of sp³-hybridized carbons (Fsp3) is 0.566. The van der Waals surface area contributed by atoms with Crippen LogP contribution in [0.3, 0.4) is 0 Å². The molecule has 0 aliphatic rings. The average molecular weight is 1130 g/mol. The maximum absolute atomic E-state index is 12.9. The summed E-state index contributed by atoms with van der Waals surface area (Å²) >= 11 is 0. The summed E-state index contributed by atoms with van der Waals surface area (Å²) in [4.78, 5) is 38.1. The van der Waals surface area contributed by atoms with Crippen molar-refractivity contribution >= 4 is 17.9 Å². The summed E-state index contributed by atoms with van der Waals surface area (Å²) in [6.07, 6.45) is 102. The molecule has 0 heterocycles. The summed E-state index contributed by atoms with van der Waals surface area (Å²) in [6.45, 7) is 6.32. The zero-order valence-electron chi connectivity index (χ0n) is 52.4. The Morgan fingerprint density at radius 3 is 0.768 bits per heavy atom. The Balaban J connectivity index is 4.28. The summed E-state index contributed by atoms with van der Waals surface area (Å²) in [5.74, 6) is -0.973. The second-order valence-electron chi connectivity index (χ2n) is 20.9. The molecule has 0 fully saturated rings. The van der Waals surface area contributed by atoms with Gasteiger partial charge in [0.15, 0.2) is 6.10 Å². The molecule has 0 rings (SSSR count). The van der Waals surface area contributed by atoms with Crippen molar-refractivity contribution in [2.45, 2.75) is 264 Å². The first-order chi connectivity index (χ1) is 40.5. The zero-order valence-corrected chi connectivity index (χ0v) is 52.4. The molecule has 0 aromatic heterocycles. The average Bonchev–Trinajstić information content (AvgIpc) is 3.47. The summed E-state index contributed by atoms with van der Waals surface area (Å²) in [7, 11) is 0. The Morgan fingerprint density at radius 2 is 0.476 bits per heavy atom. The highest BCUT2D eigenvalue weighted by molar-refractivity contribution is 5.71. The third-order valence-corrected chi connectivity index (χ3v) is 13.2. The normalized spacial score (nSPS) is 13.4. The van der Waals surface area contributed by atoms with Gasteiger partial charge < -0.3 is 14.2 Å². The summed E-state index contributed by atoms with van der Waals surface area (Å²) in [6, 6.07) is 0. The first-order valence-corrected chi connectivity index (χ1v) is 32.8. The zero-order chi connectivity index (χ0) is 59.2. The van der Waals surface area contributed by atoms with Crippen LogP contribution in [0.15, 0.2) is 182 Å². The number of esters is 3. The number of unbranched alkanes of at least 4 members (excludes halogenated alkanes) is 16. The fourth-order valence-electron chi connectivity index (χ4n) is 8.32. The smallest absolute Gasteiger partial charge is 0.306 e. The Kier molecular flexibility index (Phi) is 63.5. The van der Waals surface area contributed by atoms with Gasteiger partial charge in [-0.1, -0.05) is 280 Å². The van der Waals surface area contributed by atoms with Crippen LogP contribution in [-0.4, -0.2) is 37.2 Å². The Labute approximate surface area is 504 Å². The lowest BCUT2D eigenvalue weighted by Gasteiger charge is -2.18. The molecule has 0 aliphatic carbocycles. The van der Waals surface area contributed by atoms with Crippen molar-refractivity contribution in [2.75, 3.05) is 13.2 Å². The highest BCUT2D eigenvalue weighted by atomic mass is 16.6. The van der Waals surface area contributed by atoms with E-state index in [0.29, 0.717) is 19.3 Å². The minimum absolute atomic E-state index is 0.106. The molecule has 0 saturated heterocycles. The monoisotopic (exact) mass is 1130 g/mol. The molecular formula is C76H118O6. The van der Waals surface area contributed by atoms with Gasteiger partial charge in [0.2, 0.25) is 0 Å². The number of hydrogen-bond acceptors (Lipinski definition) is 6. The molecule has 0 aromatic rings. The second kappa shape index (κ2) is 68.0. The van der Waals surface area contributed by atoms with E-state index in [9.17, 15) is 14.4 Å². The number of carbonyl (C=O) groups excluding carboxylic acids is 3. The minimum atomic E-state index is -0.813. The van der Waals surface area contributed by atoms with Gasteiger partial charge in [0.25, 0.3) is 0 Å². The second-order valence-corrected chi connectivity index (χ2v) is 20.9. The van der Waals surface area contributed by atoms with Gasteiger partial charge in [-0.15, -0.1) is 0 Å². The predicted molar refractivity (Wildman–Crippen MR) is 357 cm³/mol. The van der Waals surface area contributed by atoms with Gasteiger partial charge >= 0.3 is 17.9 Å². The van der Waals surface area contributed by atoms with Crippen LogP contribution < -0.4 is 0 Å². The van der Waals surface area contributed by atoms with Gasteiger partial charge in [-0.25, -0.2) is 0 Å². The molecule has 0 N–H and O–H groups in total. The van der Waals surface area contributed by atoms with E-state index in [1.54, 1.807) is 0 Å². The van der Waals surface area contributed by atoms with E-state index in [1.165, 1.54) is 57.8 Å². The molecule has 0 amide bonds. The van der Waals surface area contributed by atoms with Crippen LogP contribution in [0, 0.1) is 0 Å². The number of allylic oxidation sites excluding steroid dienone is 30. The molecule has 0 aromatic carbocycles. The third kappa shape index (κ3) is 65.3. The van der Waals surface area contributed by atoms with Crippen LogP contribution in [-0.2, 0) is 28.6 Å². The van der Waals surface area contributed by atoms with Gasteiger partial charge in [-0.3, -0.25) is 14.4 Å². The fourth-order valence-corrected chi connectivity index (χ4v) is 8.32. The van der Waals surface area contributed by atoms with E-state index in [2.05, 4.69) is 203 Å². The van der Waals surface area contributed by atoms with Crippen LogP contribution in [0.2, 0.25) is 0 Å². The molecule has 1 unspecified atom stereocenters. The molecule has 458 valence electrons. The van der Waals surface area contributed by atoms with E-state index in [1.807, 2.05) is 0 Å². The van der Waals surface area contributed by atoms with Gasteiger partial charge in [0.05, 0.1) is 0 Å². The van der Waals surface area contributed by atoms with Crippen molar-refractivity contribution in [1.29, 1.82) is 0 Å². The standard InChI is InChI=1S/C76H118O6/c1-4-7-10-13-16-19-21-23-25-27-29-31-32-33-34-35-36-37-38-39-40-41-42-43-44-46-47-49-51-53-55-57-60-63-66-69-75(78)81-72-73(71-80-74(77)68-65-62-59-18-15-12-9-6-3)82-76(79)70-67-64-61-58-56-54-52-50-48-45-30-28-26-24-22-20-17-14-11-8-5-2/h7-8,10-11,16-17,19-20,23-26,29-31,33-34,36-37,39-40,42-43,45-47,50,52,56,58,73H,4-6,9,12-15,18,21-22,27-28,32,35,38,41,44,48-49,51,53-55,57,59-72H2,1-3H3/b10-7-,11-8-,19-16-,20-17-,25-23-,26-24-,31-29-,34-33-,37-36-,40-39-,43-42-,45-30-,47-46-,52-50-,58-56-. The topological polar surface area (TPSA) is 78.9 Å². The highest BCUT2D eigenvalue weighted by Crippen LogP contribution is 2.14. The van der Waals surface area contributed by atoms with Gasteiger partial charge in [-0.05, 0) is 141 Å². The van der Waals surface area contributed by atoms with Crippen LogP contribution in [0.1, 0.15) is 258 Å². The number of ether oxygens (including phenoxy) is 3. The lowest BCUT2D eigenvalue weighted by molar-refractivity contribution is -0.167. The van der Waals surface area contributed by atoms with Crippen molar-refractivity contribution in [2.24, 2.45) is 0 Å². The van der Waals surface area contributed by atoms with Crippen LogP contribution in [0.4, 0.5) is 0 Å². The van der Waals surface area contributed by atoms with Gasteiger partial charge in [0.1, 0.15) is 13.2 Å². The highest BCUT2D eigenvalue weighted by Gasteiger charge is 2.19. The van der Waals surface area contributed by atoms with Crippen molar-refractivity contribution in [3.05, 3.63) is 182 Å². The number of rotatable bonds is 57. The molecule has 0 radical (unpaired) electrons. The van der Waals surface area contributed by atoms with Crippen molar-refractivity contribution in [1.82, 2.24) is 0 Å². The Morgan fingerprint density at radius 1 is 0.256 bits per heavy atom. The van der Waals surface area contributed by atoms with Crippen LogP contribution >= 0.6 is 0 Å². The summed E-state index contributed by atoms with van der Waals surface area (Å²) in [5, 5.41) is 0. The largest absolute Gasteiger partial charge is 0.462 e. The van der Waals surface area contributed by atoms with E-state index in [4.69, 9.17) is 14.2 Å². The lowest BCUT2D eigenvalue weighted by Crippen LogP contribution is -2.30. The van der Waals surface area contributed by atoms with Crippen LogP contribution in [0.25, 0.3) is 0 Å². The van der Waals surface area contributed by atoms with E-state index >= 15 is 0 Å². The molecule has 6 heteroatoms. The molecule has 82 heavy (non-hydrogen) atoms. The summed E-state index contributed by atoms with van der Waals surface area (Å²) in [5.41, 5.74) is 0. The van der Waals surface area contributed by atoms with E-state index in [-0.39, 0.29) is 37.5 Å². The predicted octanol–water partition coefficient (Wildman–Crippen LogP) is 22.8. The molecule has 6 nitrogen and oxygen atoms in total. The molecule has 0 spiro atoms. The minimum Gasteiger partial charge on any atom is -0.462 e. The Hall–Kier alpha value is -5.49. The number of hydrogen-bond donors (Lipinski definition) is 0. The Bertz CT molecular complexity index is 1920. The van der Waals surface area contributed by atoms with Crippen molar-refractivity contribution in [3.63, 3.8) is 0 Å². The summed E-state index contributed by atoms with van der Waals surface area (Å²) < 4.78 is 16.8. The van der Waals surface area contributed by atoms with Crippen molar-refractivity contribution < 1.29 is 28.6 Å². The molecular weight excluding hydrogens is 1010 g/mol. The molecule has 0 bridgehead atoms. The van der Waals surface area contributed by atoms with E-state index < -0.39 is 6.10 Å². The maximum Gasteiger partial charge on any atom is 0.306 e. The lowest BCUT2D eigenvalue weighted by atomic mass is 10.1. The first-order valence-electron chi connectivity index (χ1n) is 32.8. The van der Waals surface area contributed by atoms with Gasteiger partial charge in [-0.2, -0.15) is 0 Å². The quantitative estimate of drug-likeness (QED) is 0.0261. The molecule has 0 aliphatic heterocycles. The van der Waals surface area contributed by atoms with Gasteiger partial charge in [0, 0.05) is 19.3 Å². The van der Waals surface area contributed by atoms with E-state index in [0.717, 1.165) is 154 Å². The first kappa shape index (κ1) is 76.5. The maximum atomic E-state index is 12.9. The van der Waals surface area contributed by atoms with Crippen molar-refractivity contribution in [3.8, 4) is 0 Å². The molecule has 0 saturated carbocycles. The molecule has 1 atom stereocenters. The van der Waals surface area contributed by atoms with Crippen LogP contribution in [0.5, 0.6) is 0 Å². The third-order valence-electron chi connectivity index (χ3n) is 13.2.